The molecule has 1 atom stereocenters. The van der Waals surface area contributed by atoms with Crippen molar-refractivity contribution in [3.8, 4) is 11.4 Å². The number of carbonyl (C=O) groups excluding carboxylic acids is 3. The van der Waals surface area contributed by atoms with E-state index in [4.69, 9.17) is 4.74 Å². The first-order valence-corrected chi connectivity index (χ1v) is 13.5. The van der Waals surface area contributed by atoms with E-state index in [0.29, 0.717) is 23.8 Å². The molecule has 1 aliphatic heterocycles. The van der Waals surface area contributed by atoms with Gasteiger partial charge in [0.15, 0.2) is 5.82 Å². The van der Waals surface area contributed by atoms with Crippen molar-refractivity contribution in [1.82, 2.24) is 20.2 Å². The zero-order valence-electron chi connectivity index (χ0n) is 21.2. The van der Waals surface area contributed by atoms with Crippen molar-refractivity contribution >= 4 is 45.1 Å². The first-order chi connectivity index (χ1) is 17.5. The van der Waals surface area contributed by atoms with Crippen molar-refractivity contribution in [2.24, 2.45) is 5.92 Å². The summed E-state index contributed by atoms with van der Waals surface area (Å²) >= 11 is 4.71. The number of nitrogens with zero attached hydrogens (tertiary/aromatic N) is 3. The van der Waals surface area contributed by atoms with E-state index in [1.807, 2.05) is 42.3 Å². The van der Waals surface area contributed by atoms with E-state index in [2.05, 4.69) is 52.0 Å². The van der Waals surface area contributed by atoms with Gasteiger partial charge in [-0.3, -0.25) is 9.59 Å². The molecule has 10 heteroatoms. The second-order valence-corrected chi connectivity index (χ2v) is 12.2. The van der Waals surface area contributed by atoms with Crippen LogP contribution in [0.25, 0.3) is 11.4 Å². The lowest BCUT2D eigenvalue weighted by Crippen LogP contribution is -2.50. The summed E-state index contributed by atoms with van der Waals surface area (Å²) in [5.41, 5.74) is 1.52. The Labute approximate surface area is 228 Å². The Bertz CT molecular complexity index is 1280. The number of carbonyl (C=O) groups is 3. The molecule has 1 aromatic carbocycles. The van der Waals surface area contributed by atoms with Gasteiger partial charge in [0.2, 0.25) is 0 Å². The van der Waals surface area contributed by atoms with E-state index < -0.39 is 18.0 Å². The summed E-state index contributed by atoms with van der Waals surface area (Å²) in [6.45, 7) is 7.33. The minimum atomic E-state index is -1.02. The molecule has 0 aliphatic carbocycles. The first-order valence-electron chi connectivity index (χ1n) is 11.9. The fourth-order valence-corrected chi connectivity index (χ4v) is 5.05. The number of aromatic nitrogens is 2. The second-order valence-electron chi connectivity index (χ2n) is 10.2. The topological polar surface area (TPSA) is 101 Å². The number of hydrogen-bond donors (Lipinski definition) is 1. The van der Waals surface area contributed by atoms with E-state index in [-0.39, 0.29) is 23.7 Å². The molecule has 0 bridgehead atoms. The maximum absolute atomic E-state index is 13.1. The van der Waals surface area contributed by atoms with Crippen molar-refractivity contribution in [1.29, 1.82) is 0 Å². The average molecular weight is 586 g/mol. The molecule has 194 valence electrons. The summed E-state index contributed by atoms with van der Waals surface area (Å²) in [4.78, 5) is 50.7. The molecule has 0 spiro atoms. The molecule has 1 saturated heterocycles. The number of nitrogens with one attached hydrogen (secondary N) is 1. The van der Waals surface area contributed by atoms with Gasteiger partial charge >= 0.3 is 11.9 Å². The van der Waals surface area contributed by atoms with Crippen molar-refractivity contribution in [3.05, 3.63) is 68.6 Å². The fourth-order valence-electron chi connectivity index (χ4n) is 3.87. The molecular weight excluding hydrogens is 556 g/mol. The predicted molar refractivity (Wildman–Crippen MR) is 145 cm³/mol. The average Bonchev–Trinajstić information content (AvgIpc) is 3.34. The monoisotopic (exact) mass is 584 g/mol. The number of ether oxygens (including phenoxy) is 1. The van der Waals surface area contributed by atoms with Gasteiger partial charge in [-0.25, -0.2) is 14.8 Å². The highest BCUT2D eigenvalue weighted by Gasteiger charge is 2.35. The van der Waals surface area contributed by atoms with Crippen LogP contribution in [0.1, 0.15) is 40.9 Å². The Hall–Kier alpha value is -2.95. The molecule has 1 aliphatic rings. The van der Waals surface area contributed by atoms with E-state index in [9.17, 15) is 14.4 Å². The van der Waals surface area contributed by atoms with Crippen molar-refractivity contribution in [2.45, 2.75) is 38.6 Å². The molecule has 1 N–H and O–H groups in total. The molecule has 0 radical (unpaired) electrons. The molecule has 0 unspecified atom stereocenters. The molecule has 0 saturated carbocycles. The molecule has 1 fully saturated rings. The number of thiophene rings is 1. The Kier molecular flexibility index (Phi) is 8.20. The van der Waals surface area contributed by atoms with Crippen molar-refractivity contribution in [3.63, 3.8) is 0 Å². The quantitative estimate of drug-likeness (QED) is 0.327. The lowest BCUT2D eigenvalue weighted by atomic mass is 9.95. The maximum Gasteiger partial charge on any atom is 0.336 e. The number of halogens is 1. The van der Waals surface area contributed by atoms with Gasteiger partial charge in [0.25, 0.3) is 5.91 Å². The van der Waals surface area contributed by atoms with Crippen LogP contribution in [-0.2, 0) is 26.2 Å². The van der Waals surface area contributed by atoms with Crippen LogP contribution in [0.15, 0.2) is 53.3 Å². The van der Waals surface area contributed by atoms with E-state index in [1.54, 1.807) is 18.5 Å². The molecule has 1 amide bonds. The van der Waals surface area contributed by atoms with Gasteiger partial charge in [0.05, 0.1) is 15.3 Å². The Morgan fingerprint density at radius 3 is 2.32 bits per heavy atom. The highest BCUT2D eigenvalue weighted by atomic mass is 79.9. The summed E-state index contributed by atoms with van der Waals surface area (Å²) in [6.07, 6.45) is 3.51. The summed E-state index contributed by atoms with van der Waals surface area (Å²) < 4.78 is 5.98. The van der Waals surface area contributed by atoms with Gasteiger partial charge < -0.3 is 15.0 Å². The number of benzene rings is 1. The minimum Gasteiger partial charge on any atom is -0.391 e. The van der Waals surface area contributed by atoms with Gasteiger partial charge in [-0.2, -0.15) is 0 Å². The van der Waals surface area contributed by atoms with Crippen molar-refractivity contribution < 1.29 is 19.1 Å². The van der Waals surface area contributed by atoms with Crippen LogP contribution >= 0.6 is 27.3 Å². The zero-order valence-corrected chi connectivity index (χ0v) is 23.6. The lowest BCUT2D eigenvalue weighted by molar-refractivity contribution is -0.167. The summed E-state index contributed by atoms with van der Waals surface area (Å²) in [5.74, 6) is -1.46. The zero-order chi connectivity index (χ0) is 26.7. The van der Waals surface area contributed by atoms with Crippen LogP contribution in [0.5, 0.6) is 0 Å². The summed E-state index contributed by atoms with van der Waals surface area (Å²) in [5, 5.41) is 2.79. The molecule has 3 aromatic rings. The first kappa shape index (κ1) is 27.1. The molecular formula is C27H29BrN4O4S. The molecule has 8 nitrogen and oxygen atoms in total. The highest BCUT2D eigenvalue weighted by Crippen LogP contribution is 2.29. The largest absolute Gasteiger partial charge is 0.391 e. The van der Waals surface area contributed by atoms with E-state index in [1.165, 1.54) is 11.3 Å². The molecule has 37 heavy (non-hydrogen) atoms. The third-order valence-electron chi connectivity index (χ3n) is 6.03. The maximum atomic E-state index is 13.1. The molecule has 2 aromatic heterocycles. The van der Waals surface area contributed by atoms with Crippen LogP contribution in [0.3, 0.4) is 0 Å². The number of rotatable bonds is 7. The van der Waals surface area contributed by atoms with Crippen LogP contribution in [-0.4, -0.2) is 58.9 Å². The van der Waals surface area contributed by atoms with E-state index in [0.717, 1.165) is 20.5 Å². The van der Waals surface area contributed by atoms with Crippen molar-refractivity contribution in [2.75, 3.05) is 20.1 Å². The SMILES string of the molecule is CN1CC(C(=O)OC(=O)[C@H](Cc2ccc(-c3ncc(Br)cn3)cc2)NC(=O)c2ccc(C(C)(C)C)s2)C1. The van der Waals surface area contributed by atoms with Crippen LogP contribution in [0, 0.1) is 5.92 Å². The summed E-state index contributed by atoms with van der Waals surface area (Å²) in [6, 6.07) is 10.1. The third kappa shape index (κ3) is 6.88. The number of esters is 2. The van der Waals surface area contributed by atoms with Crippen LogP contribution in [0.4, 0.5) is 0 Å². The third-order valence-corrected chi connectivity index (χ3v) is 7.95. The minimum absolute atomic E-state index is 0.0931. The number of amides is 1. The van der Waals surface area contributed by atoms with Crippen LogP contribution < -0.4 is 5.32 Å². The standard InChI is InChI=1S/C27H29BrN4O4S/c1-27(2,3)22-10-9-21(37-22)24(33)31-20(26(35)36-25(34)18-14-32(4)15-18)11-16-5-7-17(8-6-16)23-29-12-19(28)13-30-23/h5-10,12-13,18,20H,11,14-15H2,1-4H3,(H,31,33)/t20-/m0/s1. The smallest absolute Gasteiger partial charge is 0.336 e. The Morgan fingerprint density at radius 1 is 1.11 bits per heavy atom. The second kappa shape index (κ2) is 11.2. The van der Waals surface area contributed by atoms with Gasteiger partial charge in [0.1, 0.15) is 6.04 Å². The highest BCUT2D eigenvalue weighted by molar-refractivity contribution is 9.10. The van der Waals surface area contributed by atoms with Gasteiger partial charge in [-0.05, 0) is 46.1 Å². The fraction of sp³-hybridized carbons (Fsp3) is 0.370. The summed E-state index contributed by atoms with van der Waals surface area (Å²) in [7, 11) is 1.89. The predicted octanol–water partition coefficient (Wildman–Crippen LogP) is 4.24. The Balaban J connectivity index is 1.50. The molecule has 3 heterocycles. The normalized spacial score (nSPS) is 15.1. The molecule has 4 rings (SSSR count). The van der Waals surface area contributed by atoms with Gasteiger partial charge in [-0.1, -0.05) is 45.0 Å². The van der Waals surface area contributed by atoms with Gasteiger partial charge in [-0.15, -0.1) is 11.3 Å². The Morgan fingerprint density at radius 2 is 1.76 bits per heavy atom. The van der Waals surface area contributed by atoms with E-state index >= 15 is 0 Å². The van der Waals surface area contributed by atoms with Crippen LogP contribution in [0.2, 0.25) is 0 Å². The number of likely N-dealkylation sites (tertiary alicyclic amines) is 1. The number of hydrogen-bond acceptors (Lipinski definition) is 8. The van der Waals surface area contributed by atoms with Gasteiger partial charge in [0, 0.05) is 42.3 Å². The lowest BCUT2D eigenvalue weighted by Gasteiger charge is -2.34.